The molecule has 0 aliphatic carbocycles. The number of hydrogen-bond donors (Lipinski definition) is 0. The second kappa shape index (κ2) is 5.38. The van der Waals surface area contributed by atoms with Gasteiger partial charge in [-0.2, -0.15) is 17.0 Å². The number of rotatable bonds is 2. The fourth-order valence-corrected chi connectivity index (χ4v) is 2.92. The van der Waals surface area contributed by atoms with Gasteiger partial charge < -0.3 is 0 Å². The summed E-state index contributed by atoms with van der Waals surface area (Å²) in [6.07, 6.45) is 0. The van der Waals surface area contributed by atoms with Gasteiger partial charge in [0.1, 0.15) is 0 Å². The van der Waals surface area contributed by atoms with E-state index in [2.05, 4.69) is 24.0 Å². The lowest BCUT2D eigenvalue weighted by molar-refractivity contribution is 0.294. The summed E-state index contributed by atoms with van der Waals surface area (Å²) in [6.45, 7) is 5.49. The van der Waals surface area contributed by atoms with Crippen molar-refractivity contribution < 1.29 is 0 Å². The second-order valence-electron chi connectivity index (χ2n) is 4.14. The molecule has 1 aromatic rings. The Bertz CT molecular complexity index is 403. The molecular formula is C13H16N2S. The van der Waals surface area contributed by atoms with Crippen molar-refractivity contribution in [3.05, 3.63) is 34.9 Å². The van der Waals surface area contributed by atoms with Crippen molar-refractivity contribution in [2.75, 3.05) is 24.6 Å². The van der Waals surface area contributed by atoms with E-state index in [0.29, 0.717) is 0 Å². The van der Waals surface area contributed by atoms with E-state index >= 15 is 0 Å². The largest absolute Gasteiger partial charge is 0.297 e. The normalized spacial score (nSPS) is 17.0. The van der Waals surface area contributed by atoms with Crippen LogP contribution in [0, 0.1) is 18.3 Å². The van der Waals surface area contributed by atoms with Crippen LogP contribution in [0.5, 0.6) is 0 Å². The summed E-state index contributed by atoms with van der Waals surface area (Å²) in [5.74, 6) is 2.49. The van der Waals surface area contributed by atoms with Crippen LogP contribution in [-0.4, -0.2) is 29.5 Å². The lowest BCUT2D eigenvalue weighted by atomic mass is 10.1. The van der Waals surface area contributed by atoms with Crippen LogP contribution in [0.2, 0.25) is 0 Å². The number of nitriles is 1. The van der Waals surface area contributed by atoms with Gasteiger partial charge in [-0.3, -0.25) is 4.90 Å². The van der Waals surface area contributed by atoms with Gasteiger partial charge in [0, 0.05) is 31.1 Å². The molecule has 0 amide bonds. The number of aryl methyl sites for hydroxylation is 1. The molecule has 0 unspecified atom stereocenters. The molecular weight excluding hydrogens is 216 g/mol. The zero-order valence-corrected chi connectivity index (χ0v) is 10.4. The Morgan fingerprint density at radius 3 is 2.75 bits per heavy atom. The Kier molecular flexibility index (Phi) is 3.87. The quantitative estimate of drug-likeness (QED) is 0.783. The first-order valence-electron chi connectivity index (χ1n) is 5.59. The summed E-state index contributed by atoms with van der Waals surface area (Å²) in [6, 6.07) is 8.17. The van der Waals surface area contributed by atoms with Gasteiger partial charge in [0.15, 0.2) is 0 Å². The predicted molar refractivity (Wildman–Crippen MR) is 68.5 cm³/mol. The van der Waals surface area contributed by atoms with Gasteiger partial charge in [0.05, 0.1) is 11.6 Å². The smallest absolute Gasteiger partial charge is 0.0991 e. The average Bonchev–Trinajstić information content (AvgIpc) is 2.33. The van der Waals surface area contributed by atoms with Crippen LogP contribution >= 0.6 is 11.8 Å². The molecule has 0 N–H and O–H groups in total. The van der Waals surface area contributed by atoms with E-state index < -0.39 is 0 Å². The molecule has 0 radical (unpaired) electrons. The van der Waals surface area contributed by atoms with Crippen LogP contribution in [0.25, 0.3) is 0 Å². The van der Waals surface area contributed by atoms with Crippen molar-refractivity contribution in [3.63, 3.8) is 0 Å². The van der Waals surface area contributed by atoms with Gasteiger partial charge in [0.2, 0.25) is 0 Å². The summed E-state index contributed by atoms with van der Waals surface area (Å²) in [5, 5.41) is 8.81. The van der Waals surface area contributed by atoms with Crippen molar-refractivity contribution in [1.82, 2.24) is 4.90 Å². The van der Waals surface area contributed by atoms with Gasteiger partial charge in [-0.25, -0.2) is 0 Å². The highest BCUT2D eigenvalue weighted by Gasteiger charge is 2.11. The molecule has 2 nitrogen and oxygen atoms in total. The molecule has 0 saturated carbocycles. The second-order valence-corrected chi connectivity index (χ2v) is 5.37. The van der Waals surface area contributed by atoms with Crippen molar-refractivity contribution in [3.8, 4) is 6.07 Å². The van der Waals surface area contributed by atoms with Crippen molar-refractivity contribution in [2.45, 2.75) is 13.5 Å². The Morgan fingerprint density at radius 2 is 2.12 bits per heavy atom. The molecule has 0 atom stereocenters. The first-order chi connectivity index (χ1) is 7.79. The van der Waals surface area contributed by atoms with E-state index in [4.69, 9.17) is 5.26 Å². The van der Waals surface area contributed by atoms with E-state index in [-0.39, 0.29) is 0 Å². The Morgan fingerprint density at radius 1 is 1.38 bits per heavy atom. The molecule has 0 aromatic heterocycles. The molecule has 0 bridgehead atoms. The van der Waals surface area contributed by atoms with E-state index in [1.54, 1.807) is 0 Å². The molecule has 1 aliphatic rings. The summed E-state index contributed by atoms with van der Waals surface area (Å²) in [4.78, 5) is 2.49. The lowest BCUT2D eigenvalue weighted by Gasteiger charge is -2.26. The van der Waals surface area contributed by atoms with Crippen LogP contribution in [0.1, 0.15) is 16.7 Å². The average molecular weight is 232 g/mol. The number of thioether (sulfide) groups is 1. The first-order valence-corrected chi connectivity index (χ1v) is 6.75. The Labute approximate surface area is 101 Å². The lowest BCUT2D eigenvalue weighted by Crippen LogP contribution is -2.32. The summed E-state index contributed by atoms with van der Waals surface area (Å²) in [7, 11) is 0. The van der Waals surface area contributed by atoms with Gasteiger partial charge >= 0.3 is 0 Å². The first kappa shape index (κ1) is 11.5. The highest BCUT2D eigenvalue weighted by molar-refractivity contribution is 7.99. The fourth-order valence-electron chi connectivity index (χ4n) is 1.94. The summed E-state index contributed by atoms with van der Waals surface area (Å²) in [5.41, 5.74) is 3.35. The zero-order chi connectivity index (χ0) is 11.4. The monoisotopic (exact) mass is 232 g/mol. The maximum Gasteiger partial charge on any atom is 0.0991 e. The Hall–Kier alpha value is -0.980. The topological polar surface area (TPSA) is 27.0 Å². The van der Waals surface area contributed by atoms with E-state index in [0.717, 1.165) is 12.1 Å². The van der Waals surface area contributed by atoms with E-state index in [1.807, 2.05) is 23.9 Å². The van der Waals surface area contributed by atoms with Gasteiger partial charge in [-0.1, -0.05) is 6.07 Å². The van der Waals surface area contributed by atoms with Gasteiger partial charge in [-0.15, -0.1) is 0 Å². The van der Waals surface area contributed by atoms with Crippen LogP contribution in [0.3, 0.4) is 0 Å². The molecule has 84 valence electrons. The predicted octanol–water partition coefficient (Wildman–Crippen LogP) is 2.42. The zero-order valence-electron chi connectivity index (χ0n) is 9.57. The third-order valence-electron chi connectivity index (χ3n) is 2.97. The number of hydrogen-bond acceptors (Lipinski definition) is 3. The summed E-state index contributed by atoms with van der Waals surface area (Å²) < 4.78 is 0. The number of benzene rings is 1. The minimum absolute atomic E-state index is 0.760. The molecule has 0 spiro atoms. The number of nitrogens with zero attached hydrogens (tertiary/aromatic N) is 2. The maximum absolute atomic E-state index is 8.81. The standard InChI is InChI=1S/C13H16N2S/c1-11-8-12(9-14)2-3-13(11)10-15-4-6-16-7-5-15/h2-3,8H,4-7,10H2,1H3. The van der Waals surface area contributed by atoms with Crippen molar-refractivity contribution in [1.29, 1.82) is 5.26 Å². The minimum atomic E-state index is 0.760. The van der Waals surface area contributed by atoms with Gasteiger partial charge in [0.25, 0.3) is 0 Å². The van der Waals surface area contributed by atoms with E-state index in [9.17, 15) is 0 Å². The third-order valence-corrected chi connectivity index (χ3v) is 3.91. The molecule has 3 heteroatoms. The molecule has 16 heavy (non-hydrogen) atoms. The Balaban J connectivity index is 2.06. The fraction of sp³-hybridized carbons (Fsp3) is 0.462. The third kappa shape index (κ3) is 2.78. The van der Waals surface area contributed by atoms with Crippen molar-refractivity contribution >= 4 is 11.8 Å². The maximum atomic E-state index is 8.81. The molecule has 2 rings (SSSR count). The van der Waals surface area contributed by atoms with E-state index in [1.165, 1.54) is 35.7 Å². The molecule has 1 aliphatic heterocycles. The molecule has 1 aromatic carbocycles. The SMILES string of the molecule is Cc1cc(C#N)ccc1CN1CCSCC1. The van der Waals surface area contributed by atoms with Crippen LogP contribution in [-0.2, 0) is 6.54 Å². The highest BCUT2D eigenvalue weighted by atomic mass is 32.2. The van der Waals surface area contributed by atoms with Crippen LogP contribution in [0.4, 0.5) is 0 Å². The molecule has 1 saturated heterocycles. The minimum Gasteiger partial charge on any atom is -0.297 e. The van der Waals surface area contributed by atoms with Crippen molar-refractivity contribution in [2.24, 2.45) is 0 Å². The molecule has 1 fully saturated rings. The highest BCUT2D eigenvalue weighted by Crippen LogP contribution is 2.16. The van der Waals surface area contributed by atoms with Crippen LogP contribution < -0.4 is 0 Å². The van der Waals surface area contributed by atoms with Gasteiger partial charge in [-0.05, 0) is 30.2 Å². The summed E-state index contributed by atoms with van der Waals surface area (Å²) >= 11 is 2.03. The van der Waals surface area contributed by atoms with Crippen LogP contribution in [0.15, 0.2) is 18.2 Å². The molecule has 1 heterocycles.